The highest BCUT2D eigenvalue weighted by molar-refractivity contribution is 7.17. The number of nitrogens with one attached hydrogen (secondary N) is 2. The molecule has 0 spiro atoms. The van der Waals surface area contributed by atoms with Crippen LogP contribution in [0.3, 0.4) is 0 Å². The fourth-order valence-electron chi connectivity index (χ4n) is 3.65. The molecule has 7 heteroatoms. The number of fused-ring (bicyclic) bond motifs is 1. The lowest BCUT2D eigenvalue weighted by atomic mass is 9.88. The summed E-state index contributed by atoms with van der Waals surface area (Å²) in [5, 5.41) is 8.48. The van der Waals surface area contributed by atoms with Gasteiger partial charge >= 0.3 is 0 Å². The summed E-state index contributed by atoms with van der Waals surface area (Å²) in [6.45, 7) is 4.76. The maximum absolute atomic E-state index is 13.2. The molecule has 2 aromatic heterocycles. The van der Waals surface area contributed by atoms with Gasteiger partial charge in [-0.15, -0.1) is 22.7 Å². The van der Waals surface area contributed by atoms with Crippen LogP contribution in [0.5, 0.6) is 5.75 Å². The molecular formula is C23H24N2O3S2. The second-order valence-corrected chi connectivity index (χ2v) is 9.45. The molecule has 2 N–H and O–H groups in total. The standard InChI is InChI=1S/C23H24N2O3S2/c1-3-28-16-9-7-15(8-10-16)24-22(27)20-17-11-6-14(2)13-19(17)30-23(20)25-21(26)18-5-4-12-29-18/h4-5,7-10,12,14H,3,6,11,13H2,1-2H3,(H,24,27)(H,25,26). The van der Waals surface area contributed by atoms with E-state index in [1.165, 1.54) is 27.6 Å². The van der Waals surface area contributed by atoms with Gasteiger partial charge in [0.05, 0.1) is 17.0 Å². The fraction of sp³-hybridized carbons (Fsp3) is 0.304. The normalized spacial score (nSPS) is 15.3. The van der Waals surface area contributed by atoms with Crippen molar-refractivity contribution in [2.24, 2.45) is 5.92 Å². The Balaban J connectivity index is 1.61. The Hall–Kier alpha value is -2.64. The van der Waals surface area contributed by atoms with Crippen LogP contribution >= 0.6 is 22.7 Å². The quantitative estimate of drug-likeness (QED) is 0.506. The summed E-state index contributed by atoms with van der Waals surface area (Å²) in [6.07, 6.45) is 2.84. The zero-order valence-electron chi connectivity index (χ0n) is 17.0. The van der Waals surface area contributed by atoms with Gasteiger partial charge in [-0.25, -0.2) is 0 Å². The van der Waals surface area contributed by atoms with Crippen LogP contribution in [0.15, 0.2) is 41.8 Å². The van der Waals surface area contributed by atoms with Crippen molar-refractivity contribution >= 4 is 45.2 Å². The molecule has 0 fully saturated rings. The van der Waals surface area contributed by atoms with Crippen molar-refractivity contribution in [3.63, 3.8) is 0 Å². The Morgan fingerprint density at radius 3 is 2.63 bits per heavy atom. The number of hydrogen-bond donors (Lipinski definition) is 2. The van der Waals surface area contributed by atoms with E-state index in [2.05, 4.69) is 17.6 Å². The fourth-order valence-corrected chi connectivity index (χ4v) is 5.67. The second-order valence-electron chi connectivity index (χ2n) is 7.40. The van der Waals surface area contributed by atoms with Crippen molar-refractivity contribution in [1.29, 1.82) is 0 Å². The smallest absolute Gasteiger partial charge is 0.266 e. The van der Waals surface area contributed by atoms with E-state index in [1.54, 1.807) is 6.07 Å². The molecule has 4 rings (SSSR count). The van der Waals surface area contributed by atoms with Crippen LogP contribution in [0.25, 0.3) is 0 Å². The molecule has 0 saturated carbocycles. The van der Waals surface area contributed by atoms with E-state index in [4.69, 9.17) is 4.74 Å². The zero-order chi connectivity index (χ0) is 21.1. The van der Waals surface area contributed by atoms with Crippen molar-refractivity contribution in [2.45, 2.75) is 33.1 Å². The summed E-state index contributed by atoms with van der Waals surface area (Å²) in [4.78, 5) is 27.7. The number of benzene rings is 1. The van der Waals surface area contributed by atoms with Crippen molar-refractivity contribution in [1.82, 2.24) is 0 Å². The third-order valence-electron chi connectivity index (χ3n) is 5.13. The molecule has 5 nitrogen and oxygen atoms in total. The molecule has 0 aliphatic heterocycles. The Labute approximate surface area is 184 Å². The Morgan fingerprint density at radius 2 is 1.93 bits per heavy atom. The molecule has 1 atom stereocenters. The summed E-state index contributed by atoms with van der Waals surface area (Å²) in [5.41, 5.74) is 2.37. The summed E-state index contributed by atoms with van der Waals surface area (Å²) in [6, 6.07) is 11.0. The molecular weight excluding hydrogens is 416 g/mol. The third-order valence-corrected chi connectivity index (χ3v) is 7.17. The lowest BCUT2D eigenvalue weighted by molar-refractivity contribution is 0.102. The molecule has 2 amide bonds. The van der Waals surface area contributed by atoms with Crippen LogP contribution < -0.4 is 15.4 Å². The van der Waals surface area contributed by atoms with Gasteiger partial charge < -0.3 is 15.4 Å². The maximum atomic E-state index is 13.2. The number of rotatable bonds is 6. The van der Waals surface area contributed by atoms with E-state index in [1.807, 2.05) is 42.6 Å². The largest absolute Gasteiger partial charge is 0.494 e. The van der Waals surface area contributed by atoms with Crippen molar-refractivity contribution in [3.05, 3.63) is 62.7 Å². The van der Waals surface area contributed by atoms with Gasteiger partial charge in [0, 0.05) is 10.6 Å². The lowest BCUT2D eigenvalue weighted by Gasteiger charge is -2.18. The molecule has 30 heavy (non-hydrogen) atoms. The number of anilines is 2. The van der Waals surface area contributed by atoms with Crippen molar-refractivity contribution < 1.29 is 14.3 Å². The van der Waals surface area contributed by atoms with Crippen LogP contribution in [-0.2, 0) is 12.8 Å². The number of carbonyl (C=O) groups excluding carboxylic acids is 2. The summed E-state index contributed by atoms with van der Waals surface area (Å²) >= 11 is 2.92. The molecule has 3 aromatic rings. The maximum Gasteiger partial charge on any atom is 0.266 e. The number of hydrogen-bond acceptors (Lipinski definition) is 5. The SMILES string of the molecule is CCOc1ccc(NC(=O)c2c(NC(=O)c3cccs3)sc3c2CCC(C)C3)cc1. The average molecular weight is 441 g/mol. The highest BCUT2D eigenvalue weighted by atomic mass is 32.1. The van der Waals surface area contributed by atoms with Gasteiger partial charge in [-0.1, -0.05) is 13.0 Å². The molecule has 1 aliphatic rings. The number of thiophene rings is 2. The molecule has 156 valence electrons. The van der Waals surface area contributed by atoms with E-state index in [-0.39, 0.29) is 11.8 Å². The minimum absolute atomic E-state index is 0.174. The van der Waals surface area contributed by atoms with E-state index in [0.29, 0.717) is 33.7 Å². The predicted octanol–water partition coefficient (Wildman–Crippen LogP) is 5.84. The first kappa shape index (κ1) is 20.6. The van der Waals surface area contributed by atoms with Crippen LogP contribution in [-0.4, -0.2) is 18.4 Å². The minimum atomic E-state index is -0.187. The average Bonchev–Trinajstić information content (AvgIpc) is 3.37. The van der Waals surface area contributed by atoms with Crippen LogP contribution in [0.1, 0.15) is 50.7 Å². The van der Waals surface area contributed by atoms with Gasteiger partial charge in [-0.2, -0.15) is 0 Å². The number of amides is 2. The first-order valence-electron chi connectivity index (χ1n) is 10.1. The predicted molar refractivity (Wildman–Crippen MR) is 123 cm³/mol. The van der Waals surface area contributed by atoms with E-state index in [0.717, 1.165) is 30.6 Å². The molecule has 1 unspecified atom stereocenters. The Kier molecular flexibility index (Phi) is 6.20. The van der Waals surface area contributed by atoms with E-state index in [9.17, 15) is 9.59 Å². The topological polar surface area (TPSA) is 67.4 Å². The van der Waals surface area contributed by atoms with Crippen LogP contribution in [0.2, 0.25) is 0 Å². The summed E-state index contributed by atoms with van der Waals surface area (Å²) < 4.78 is 5.46. The van der Waals surface area contributed by atoms with Crippen LogP contribution in [0, 0.1) is 5.92 Å². The first-order valence-corrected chi connectivity index (χ1v) is 11.8. The molecule has 0 saturated heterocycles. The van der Waals surface area contributed by atoms with Gasteiger partial charge in [-0.3, -0.25) is 9.59 Å². The molecule has 1 aliphatic carbocycles. The van der Waals surface area contributed by atoms with Gasteiger partial charge in [-0.05, 0) is 73.4 Å². The highest BCUT2D eigenvalue weighted by Crippen LogP contribution is 2.40. The monoisotopic (exact) mass is 440 g/mol. The van der Waals surface area contributed by atoms with E-state index < -0.39 is 0 Å². The van der Waals surface area contributed by atoms with E-state index >= 15 is 0 Å². The van der Waals surface area contributed by atoms with Gasteiger partial charge in [0.2, 0.25) is 0 Å². The minimum Gasteiger partial charge on any atom is -0.494 e. The first-order chi connectivity index (χ1) is 14.5. The summed E-state index contributed by atoms with van der Waals surface area (Å²) in [7, 11) is 0. The molecule has 1 aromatic carbocycles. The van der Waals surface area contributed by atoms with Gasteiger partial charge in [0.1, 0.15) is 10.8 Å². The molecule has 0 bridgehead atoms. The van der Waals surface area contributed by atoms with Gasteiger partial charge in [0.15, 0.2) is 0 Å². The highest BCUT2D eigenvalue weighted by Gasteiger charge is 2.28. The molecule has 0 radical (unpaired) electrons. The zero-order valence-corrected chi connectivity index (χ0v) is 18.6. The van der Waals surface area contributed by atoms with Crippen LogP contribution in [0.4, 0.5) is 10.7 Å². The lowest BCUT2D eigenvalue weighted by Crippen LogP contribution is -2.19. The van der Waals surface area contributed by atoms with Gasteiger partial charge in [0.25, 0.3) is 11.8 Å². The Morgan fingerprint density at radius 1 is 1.13 bits per heavy atom. The number of carbonyl (C=O) groups is 2. The van der Waals surface area contributed by atoms with Crippen molar-refractivity contribution in [3.8, 4) is 5.75 Å². The molecule has 2 heterocycles. The summed E-state index contributed by atoms with van der Waals surface area (Å²) in [5.74, 6) is 0.986. The van der Waals surface area contributed by atoms with Crippen molar-refractivity contribution in [2.75, 3.05) is 17.2 Å². The Bertz CT molecular complexity index is 1040. The third kappa shape index (κ3) is 4.42. The number of ether oxygens (including phenoxy) is 1. The second kappa shape index (κ2) is 9.02.